The highest BCUT2D eigenvalue weighted by Crippen LogP contribution is 2.77. The summed E-state index contributed by atoms with van der Waals surface area (Å²) in [5.41, 5.74) is -0.0495. The van der Waals surface area contributed by atoms with Crippen molar-refractivity contribution in [2.24, 2.45) is 62.1 Å². The predicted octanol–water partition coefficient (Wildman–Crippen LogP) is 8.20. The highest BCUT2D eigenvalue weighted by molar-refractivity contribution is 6.00. The van der Waals surface area contributed by atoms with E-state index in [4.69, 9.17) is 9.47 Å². The average Bonchev–Trinajstić information content (AvgIpc) is 3.84. The van der Waals surface area contributed by atoms with Crippen molar-refractivity contribution in [3.63, 3.8) is 0 Å². The first-order valence-corrected chi connectivity index (χ1v) is 22.9. The van der Waals surface area contributed by atoms with Gasteiger partial charge in [0.15, 0.2) is 12.1 Å². The van der Waals surface area contributed by atoms with Gasteiger partial charge in [0, 0.05) is 48.8 Å². The number of rotatable bonds is 13. The van der Waals surface area contributed by atoms with Crippen molar-refractivity contribution < 1.29 is 39.2 Å². The van der Waals surface area contributed by atoms with Crippen LogP contribution in [-0.2, 0) is 19.1 Å². The number of aliphatic hydroxyl groups is 3. The molecular formula is C48H80N2O8. The summed E-state index contributed by atoms with van der Waals surface area (Å²) in [7, 11) is 0. The Hall–Kier alpha value is -2.01. The van der Waals surface area contributed by atoms with Gasteiger partial charge < -0.3 is 30.1 Å². The second kappa shape index (κ2) is 15.7. The van der Waals surface area contributed by atoms with Crippen molar-refractivity contribution in [3.8, 4) is 0 Å². The highest BCUT2D eigenvalue weighted by atomic mass is 16.6. The summed E-state index contributed by atoms with van der Waals surface area (Å²) < 4.78 is 11.7. The van der Waals surface area contributed by atoms with Crippen LogP contribution in [-0.4, -0.2) is 88.3 Å². The lowest BCUT2D eigenvalue weighted by atomic mass is 9.33. The Labute approximate surface area is 350 Å². The van der Waals surface area contributed by atoms with Crippen LogP contribution in [0.3, 0.4) is 0 Å². The van der Waals surface area contributed by atoms with E-state index < -0.39 is 34.9 Å². The molecule has 58 heavy (non-hydrogen) atoms. The number of hydrogen-bond donors (Lipinski definition) is 4. The molecule has 0 spiro atoms. The van der Waals surface area contributed by atoms with Crippen molar-refractivity contribution in [2.75, 3.05) is 26.2 Å². The second-order valence-electron chi connectivity index (χ2n) is 23.4. The average molecular weight is 813 g/mol. The van der Waals surface area contributed by atoms with Crippen molar-refractivity contribution in [3.05, 3.63) is 11.1 Å². The molecule has 0 unspecified atom stereocenters. The molecule has 6 aliphatic rings. The molecular weight excluding hydrogens is 733 g/mol. The van der Waals surface area contributed by atoms with Crippen molar-refractivity contribution in [2.45, 2.75) is 184 Å². The van der Waals surface area contributed by atoms with E-state index in [9.17, 15) is 29.7 Å². The van der Waals surface area contributed by atoms with E-state index in [1.165, 1.54) is 18.4 Å². The molecule has 1 amide bonds. The Morgan fingerprint density at radius 2 is 1.53 bits per heavy atom. The molecule has 0 aromatic carbocycles. The van der Waals surface area contributed by atoms with Crippen molar-refractivity contribution in [1.29, 1.82) is 0 Å². The van der Waals surface area contributed by atoms with Crippen LogP contribution < -0.4 is 5.32 Å². The van der Waals surface area contributed by atoms with Gasteiger partial charge in [0.1, 0.15) is 11.7 Å². The third-order valence-electron chi connectivity index (χ3n) is 17.4. The molecule has 0 saturated heterocycles. The SMILES string of the molecule is CC(C)C1=C2[C@H]3CC[C@@H]4[C@@]5(C)CC[C@H](OC(=O)CC(C)(C)C(O)O)C(C)(C)[C@@H]5CC[C@@]4(C)[C@]3(C)CC[C@@]2([C@@H](O)CN(CCNC(=O)OC(C)(C)C)CC2CC2)CC1=O. The monoisotopic (exact) mass is 813 g/mol. The summed E-state index contributed by atoms with van der Waals surface area (Å²) in [4.78, 5) is 42.3. The first-order valence-electron chi connectivity index (χ1n) is 22.9. The number of Topliss-reactive ketones (excluding diaryl/α,β-unsaturated/α-hetero) is 1. The molecule has 6 rings (SSSR count). The van der Waals surface area contributed by atoms with E-state index in [1.807, 2.05) is 20.8 Å². The van der Waals surface area contributed by atoms with Crippen LogP contribution in [0.4, 0.5) is 4.79 Å². The van der Waals surface area contributed by atoms with E-state index >= 15 is 0 Å². The number of ether oxygens (including phenoxy) is 2. The minimum absolute atomic E-state index is 0.0330. The molecule has 0 heterocycles. The zero-order valence-corrected chi connectivity index (χ0v) is 38.3. The Bertz CT molecular complexity index is 1610. The molecule has 0 radical (unpaired) electrons. The molecule has 10 heteroatoms. The van der Waals surface area contributed by atoms with Gasteiger partial charge in [-0.25, -0.2) is 4.79 Å². The molecule has 6 aliphatic carbocycles. The molecule has 0 aromatic rings. The maximum atomic E-state index is 14.3. The lowest BCUT2D eigenvalue weighted by Crippen LogP contribution is -2.66. The van der Waals surface area contributed by atoms with Crippen LogP contribution in [0.2, 0.25) is 0 Å². The fourth-order valence-electron chi connectivity index (χ4n) is 13.9. The topological polar surface area (TPSA) is 146 Å². The third kappa shape index (κ3) is 8.08. The Balaban J connectivity index is 1.24. The van der Waals surface area contributed by atoms with E-state index in [0.29, 0.717) is 43.8 Å². The zero-order chi connectivity index (χ0) is 43.0. The molecule has 5 fully saturated rings. The minimum atomic E-state index is -1.60. The Kier molecular flexibility index (Phi) is 12.3. The molecule has 5 saturated carbocycles. The molecule has 4 N–H and O–H groups in total. The quantitative estimate of drug-likeness (QED) is 0.107. The fourth-order valence-corrected chi connectivity index (χ4v) is 13.9. The molecule has 0 aromatic heterocycles. The number of carbonyl (C=O) groups excluding carboxylic acids is 3. The van der Waals surface area contributed by atoms with Gasteiger partial charge in [0.05, 0.1) is 12.5 Å². The van der Waals surface area contributed by atoms with Gasteiger partial charge >= 0.3 is 12.1 Å². The van der Waals surface area contributed by atoms with E-state index in [-0.39, 0.29) is 57.8 Å². The van der Waals surface area contributed by atoms with Crippen molar-refractivity contribution >= 4 is 17.8 Å². The van der Waals surface area contributed by atoms with E-state index in [2.05, 4.69) is 58.7 Å². The van der Waals surface area contributed by atoms with Gasteiger partial charge in [-0.1, -0.05) is 67.9 Å². The minimum Gasteiger partial charge on any atom is -0.462 e. The first kappa shape index (κ1) is 45.5. The van der Waals surface area contributed by atoms with Gasteiger partial charge in [-0.3, -0.25) is 14.5 Å². The van der Waals surface area contributed by atoms with Gasteiger partial charge in [0.25, 0.3) is 0 Å². The van der Waals surface area contributed by atoms with E-state index in [1.54, 1.807) is 13.8 Å². The summed E-state index contributed by atoms with van der Waals surface area (Å²) in [5, 5.41) is 35.2. The van der Waals surface area contributed by atoms with Crippen LogP contribution in [0, 0.1) is 62.1 Å². The highest BCUT2D eigenvalue weighted by Gasteiger charge is 2.71. The van der Waals surface area contributed by atoms with Crippen LogP contribution in [0.5, 0.6) is 0 Å². The summed E-state index contributed by atoms with van der Waals surface area (Å²) >= 11 is 0. The molecule has 0 aliphatic heterocycles. The lowest BCUT2D eigenvalue weighted by molar-refractivity contribution is -0.236. The van der Waals surface area contributed by atoms with Crippen LogP contribution in [0.15, 0.2) is 11.1 Å². The van der Waals surface area contributed by atoms with Gasteiger partial charge in [-0.2, -0.15) is 0 Å². The number of ketones is 1. The summed E-state index contributed by atoms with van der Waals surface area (Å²) in [6.07, 6.45) is 7.54. The number of carbonyl (C=O) groups is 3. The number of fused-ring (bicyclic) bond motifs is 7. The van der Waals surface area contributed by atoms with Gasteiger partial charge in [-0.05, 0) is 136 Å². The Morgan fingerprint density at radius 1 is 0.862 bits per heavy atom. The van der Waals surface area contributed by atoms with E-state index in [0.717, 1.165) is 63.5 Å². The molecule has 0 bridgehead atoms. The van der Waals surface area contributed by atoms with Gasteiger partial charge in [-0.15, -0.1) is 0 Å². The largest absolute Gasteiger partial charge is 0.462 e. The standard InChI is InChI=1S/C48H80N2O8/c1-29(2)38-32(51)25-48(35(52)28-50(27-30-13-14-30)24-23-49-41(56)58-42(3,4)5)22-21-46(11)31(39(38)48)15-16-34-45(10)19-18-36(57-37(53)26-43(6,7)40(54)55)44(8,9)33(45)17-20-47(34,46)12/h29-31,33-36,40,52,54-55H,13-28H2,1-12H3,(H,49,56)/t31-,33+,34-,35+,36+,45+,46-,47-,48+/m1/s1. The first-order chi connectivity index (χ1) is 26.7. The number of allylic oxidation sites excluding steroid dienone is 1. The van der Waals surface area contributed by atoms with Crippen LogP contribution in [0.1, 0.15) is 160 Å². The summed E-state index contributed by atoms with van der Waals surface area (Å²) in [5.74, 6) is 1.62. The molecule has 9 atom stereocenters. The number of nitrogens with one attached hydrogen (secondary N) is 1. The second-order valence-corrected chi connectivity index (χ2v) is 23.4. The van der Waals surface area contributed by atoms with Crippen LogP contribution >= 0.6 is 0 Å². The number of hydrogen-bond acceptors (Lipinski definition) is 9. The van der Waals surface area contributed by atoms with Crippen molar-refractivity contribution in [1.82, 2.24) is 10.2 Å². The third-order valence-corrected chi connectivity index (χ3v) is 17.4. The number of esters is 1. The lowest BCUT2D eigenvalue weighted by Gasteiger charge is -2.72. The number of alkyl carbamates (subject to hydrolysis) is 1. The summed E-state index contributed by atoms with van der Waals surface area (Å²) in [6.45, 7) is 27.9. The fraction of sp³-hybridized carbons (Fsp3) is 0.896. The maximum Gasteiger partial charge on any atom is 0.407 e. The molecule has 10 nitrogen and oxygen atoms in total. The summed E-state index contributed by atoms with van der Waals surface area (Å²) in [6, 6.07) is 0. The Morgan fingerprint density at radius 3 is 2.14 bits per heavy atom. The normalized spacial score (nSPS) is 36.6. The maximum absolute atomic E-state index is 14.3. The number of aliphatic hydroxyl groups excluding tert-OH is 2. The smallest absolute Gasteiger partial charge is 0.407 e. The zero-order valence-electron chi connectivity index (χ0n) is 38.3. The number of nitrogens with zero attached hydrogens (tertiary/aromatic N) is 1. The predicted molar refractivity (Wildman–Crippen MR) is 225 cm³/mol. The number of amides is 1. The van der Waals surface area contributed by atoms with Crippen LogP contribution in [0.25, 0.3) is 0 Å². The molecule has 330 valence electrons. The van der Waals surface area contributed by atoms with Gasteiger partial charge in [0.2, 0.25) is 0 Å².